The molecule has 0 amide bonds. The predicted octanol–water partition coefficient (Wildman–Crippen LogP) is 5.13. The summed E-state index contributed by atoms with van der Waals surface area (Å²) < 4.78 is 11.9. The van der Waals surface area contributed by atoms with E-state index in [1.807, 2.05) is 54.6 Å². The summed E-state index contributed by atoms with van der Waals surface area (Å²) in [6.07, 6.45) is 5.79. The van der Waals surface area contributed by atoms with Gasteiger partial charge in [0.05, 0.1) is 21.6 Å². The third-order valence-corrected chi connectivity index (χ3v) is 5.59. The molecule has 0 atom stereocenters. The van der Waals surface area contributed by atoms with Crippen molar-refractivity contribution in [3.8, 4) is 11.5 Å². The van der Waals surface area contributed by atoms with Crippen molar-refractivity contribution >= 4 is 34.0 Å². The molecule has 8 heteroatoms. The van der Waals surface area contributed by atoms with Gasteiger partial charge in [-0.15, -0.1) is 0 Å². The number of hydrogen-bond acceptors (Lipinski definition) is 7. The van der Waals surface area contributed by atoms with Crippen molar-refractivity contribution in [1.29, 1.82) is 0 Å². The van der Waals surface area contributed by atoms with Crippen molar-refractivity contribution in [1.82, 2.24) is 20.3 Å². The van der Waals surface area contributed by atoms with Crippen LogP contribution in [0.5, 0.6) is 11.5 Å². The molecule has 0 bridgehead atoms. The molecule has 0 radical (unpaired) electrons. The molecule has 2 aromatic carbocycles. The van der Waals surface area contributed by atoms with Crippen LogP contribution in [0, 0.1) is 0 Å². The number of benzene rings is 2. The van der Waals surface area contributed by atoms with Gasteiger partial charge in [-0.3, -0.25) is 4.98 Å². The normalized spacial score (nSPS) is 13.1. The Morgan fingerprint density at radius 1 is 0.939 bits per heavy atom. The van der Waals surface area contributed by atoms with E-state index >= 15 is 0 Å². The van der Waals surface area contributed by atoms with Crippen molar-refractivity contribution in [2.24, 2.45) is 0 Å². The maximum Gasteiger partial charge on any atom is 0.145 e. The van der Waals surface area contributed by atoms with Crippen LogP contribution in [0.25, 0.3) is 10.9 Å². The molecule has 0 unspecified atom stereocenters. The number of rotatable bonds is 10. The molecule has 0 aliphatic heterocycles. The number of fused-ring (bicyclic) bond motifs is 1. The lowest BCUT2D eigenvalue weighted by atomic mass is 10.2. The third kappa shape index (κ3) is 5.50. The van der Waals surface area contributed by atoms with Gasteiger partial charge in [0.1, 0.15) is 36.9 Å². The van der Waals surface area contributed by atoms with Crippen LogP contribution in [0.4, 0.5) is 11.5 Å². The monoisotopic (exact) mass is 461 g/mol. The first-order valence-electron chi connectivity index (χ1n) is 11.0. The van der Waals surface area contributed by atoms with Gasteiger partial charge in [-0.1, -0.05) is 23.7 Å². The smallest absolute Gasteiger partial charge is 0.145 e. The maximum atomic E-state index is 6.48. The van der Waals surface area contributed by atoms with E-state index in [1.54, 1.807) is 6.20 Å². The molecule has 33 heavy (non-hydrogen) atoms. The van der Waals surface area contributed by atoms with Crippen LogP contribution < -0.4 is 20.1 Å². The Morgan fingerprint density at radius 2 is 1.88 bits per heavy atom. The standard InChI is InChI=1S/C25H24ClN5O2/c26-20-14-18(9-10-22(20)33-15-19-4-1-2-11-27-19)31-25-24-21(29-16-30-25)5-3-6-23(24)32-13-12-28-17-7-8-17/h1-6,9-11,14,16-17,28H,7-8,12-13,15H2,(H,29,30,31). The molecule has 0 spiro atoms. The third-order valence-electron chi connectivity index (χ3n) is 5.29. The Balaban J connectivity index is 1.31. The van der Waals surface area contributed by atoms with E-state index in [0.717, 1.165) is 34.6 Å². The Morgan fingerprint density at radius 3 is 2.70 bits per heavy atom. The molecule has 0 saturated heterocycles. The molecule has 1 aliphatic rings. The highest BCUT2D eigenvalue weighted by Crippen LogP contribution is 2.34. The molecule has 2 aromatic heterocycles. The van der Waals surface area contributed by atoms with E-state index in [4.69, 9.17) is 21.1 Å². The number of hydrogen-bond donors (Lipinski definition) is 2. The molecule has 4 aromatic rings. The van der Waals surface area contributed by atoms with E-state index < -0.39 is 0 Å². The number of aromatic nitrogens is 3. The van der Waals surface area contributed by atoms with Gasteiger partial charge in [-0.2, -0.15) is 0 Å². The average molecular weight is 462 g/mol. The van der Waals surface area contributed by atoms with E-state index in [2.05, 4.69) is 25.6 Å². The van der Waals surface area contributed by atoms with Crippen molar-refractivity contribution in [2.45, 2.75) is 25.5 Å². The SMILES string of the molecule is Clc1cc(Nc2ncnc3cccc(OCCNC4CC4)c23)ccc1OCc1ccccn1. The molecule has 1 aliphatic carbocycles. The molecule has 1 saturated carbocycles. The lowest BCUT2D eigenvalue weighted by Crippen LogP contribution is -2.22. The number of pyridine rings is 1. The zero-order chi connectivity index (χ0) is 22.5. The molecule has 2 heterocycles. The van der Waals surface area contributed by atoms with E-state index in [0.29, 0.717) is 35.8 Å². The van der Waals surface area contributed by atoms with E-state index in [-0.39, 0.29) is 0 Å². The highest BCUT2D eigenvalue weighted by atomic mass is 35.5. The predicted molar refractivity (Wildman–Crippen MR) is 129 cm³/mol. The highest BCUT2D eigenvalue weighted by Gasteiger charge is 2.19. The lowest BCUT2D eigenvalue weighted by molar-refractivity contribution is 0.301. The summed E-state index contributed by atoms with van der Waals surface area (Å²) in [5, 5.41) is 8.14. The fourth-order valence-corrected chi connectivity index (χ4v) is 3.71. The fraction of sp³-hybridized carbons (Fsp3) is 0.240. The van der Waals surface area contributed by atoms with Crippen LogP contribution >= 0.6 is 11.6 Å². The zero-order valence-corrected chi connectivity index (χ0v) is 18.8. The van der Waals surface area contributed by atoms with Gasteiger partial charge in [0.2, 0.25) is 0 Å². The molecule has 168 valence electrons. The van der Waals surface area contributed by atoms with Gasteiger partial charge >= 0.3 is 0 Å². The Labute approximate surface area is 197 Å². The van der Waals surface area contributed by atoms with Gasteiger partial charge in [0.25, 0.3) is 0 Å². The fourth-order valence-electron chi connectivity index (χ4n) is 3.47. The largest absolute Gasteiger partial charge is 0.491 e. The first-order valence-corrected chi connectivity index (χ1v) is 11.3. The van der Waals surface area contributed by atoms with Gasteiger partial charge in [0, 0.05) is 24.5 Å². The zero-order valence-electron chi connectivity index (χ0n) is 18.0. The number of ether oxygens (including phenoxy) is 2. The summed E-state index contributed by atoms with van der Waals surface area (Å²) in [7, 11) is 0. The van der Waals surface area contributed by atoms with Gasteiger partial charge < -0.3 is 20.1 Å². The second kappa shape index (κ2) is 10.0. The maximum absolute atomic E-state index is 6.48. The average Bonchev–Trinajstić information content (AvgIpc) is 3.67. The van der Waals surface area contributed by atoms with E-state index in [1.165, 1.54) is 19.2 Å². The first kappa shape index (κ1) is 21.4. The van der Waals surface area contributed by atoms with Crippen LogP contribution in [-0.4, -0.2) is 34.1 Å². The lowest BCUT2D eigenvalue weighted by Gasteiger charge is -2.14. The van der Waals surface area contributed by atoms with Crippen LogP contribution in [0.15, 0.2) is 67.1 Å². The van der Waals surface area contributed by atoms with Gasteiger partial charge in [0.15, 0.2) is 0 Å². The number of nitrogens with zero attached hydrogens (tertiary/aromatic N) is 3. The number of nitrogens with one attached hydrogen (secondary N) is 2. The number of halogens is 1. The summed E-state index contributed by atoms with van der Waals surface area (Å²) >= 11 is 6.48. The van der Waals surface area contributed by atoms with E-state index in [9.17, 15) is 0 Å². The molecule has 2 N–H and O–H groups in total. The second-order valence-electron chi connectivity index (χ2n) is 7.83. The Kier molecular flexibility index (Phi) is 6.51. The first-order chi connectivity index (χ1) is 16.3. The van der Waals surface area contributed by atoms with Crippen molar-refractivity contribution in [2.75, 3.05) is 18.5 Å². The minimum Gasteiger partial charge on any atom is -0.491 e. The minimum atomic E-state index is 0.347. The van der Waals surface area contributed by atoms with Crippen molar-refractivity contribution < 1.29 is 9.47 Å². The molecule has 5 rings (SSSR count). The Bertz CT molecular complexity index is 1230. The van der Waals surface area contributed by atoms with Gasteiger partial charge in [-0.05, 0) is 55.3 Å². The van der Waals surface area contributed by atoms with Crippen molar-refractivity contribution in [3.63, 3.8) is 0 Å². The summed E-state index contributed by atoms with van der Waals surface area (Å²) in [5.74, 6) is 1.99. The number of anilines is 2. The summed E-state index contributed by atoms with van der Waals surface area (Å²) in [6, 6.07) is 17.7. The van der Waals surface area contributed by atoms with Crippen LogP contribution in [0.3, 0.4) is 0 Å². The molecule has 1 fully saturated rings. The minimum absolute atomic E-state index is 0.347. The van der Waals surface area contributed by atoms with Crippen LogP contribution in [0.1, 0.15) is 18.5 Å². The quantitative estimate of drug-likeness (QED) is 0.317. The molecular weight excluding hydrogens is 438 g/mol. The second-order valence-corrected chi connectivity index (χ2v) is 8.24. The summed E-state index contributed by atoms with van der Waals surface area (Å²) in [5.41, 5.74) is 2.43. The summed E-state index contributed by atoms with van der Waals surface area (Å²) in [6.45, 7) is 1.74. The molecular formula is C25H24ClN5O2. The highest BCUT2D eigenvalue weighted by molar-refractivity contribution is 6.32. The van der Waals surface area contributed by atoms with Crippen molar-refractivity contribution in [3.05, 3.63) is 77.8 Å². The van der Waals surface area contributed by atoms with Crippen LogP contribution in [-0.2, 0) is 6.61 Å². The Hall–Kier alpha value is -3.42. The summed E-state index contributed by atoms with van der Waals surface area (Å²) in [4.78, 5) is 13.1. The van der Waals surface area contributed by atoms with Gasteiger partial charge in [-0.25, -0.2) is 9.97 Å². The topological polar surface area (TPSA) is 81.2 Å². The van der Waals surface area contributed by atoms with Crippen LogP contribution in [0.2, 0.25) is 5.02 Å². The molecule has 7 nitrogen and oxygen atoms in total.